The number of hydrogen-bond acceptors (Lipinski definition) is 4. The molecule has 1 atom stereocenters. The topological polar surface area (TPSA) is 75.1 Å². The molecule has 1 amide bonds. The third kappa shape index (κ3) is 4.10. The Labute approximate surface area is 124 Å². The first-order chi connectivity index (χ1) is 10.0. The average molecular weight is 285 g/mol. The van der Waals surface area contributed by atoms with Gasteiger partial charge in [0.2, 0.25) is 5.91 Å². The summed E-state index contributed by atoms with van der Waals surface area (Å²) in [5.41, 5.74) is 0.0223. The predicted molar refractivity (Wildman–Crippen MR) is 80.7 cm³/mol. The maximum atomic E-state index is 12.0. The average Bonchev–Trinajstić information content (AvgIpc) is 2.48. The Morgan fingerprint density at radius 3 is 2.43 bits per heavy atom. The number of carbonyl (C=O) groups is 1. The summed E-state index contributed by atoms with van der Waals surface area (Å²) in [5.74, 6) is 0.445. The molecular weight excluding hydrogens is 266 g/mol. The molecule has 2 aromatic rings. The second-order valence-electron chi connectivity index (χ2n) is 5.11. The van der Waals surface area contributed by atoms with Crippen LogP contribution in [0.15, 0.2) is 42.7 Å². The van der Waals surface area contributed by atoms with Crippen LogP contribution < -0.4 is 5.32 Å². The minimum Gasteiger partial charge on any atom is -0.385 e. The Bertz CT molecular complexity index is 595. The fraction of sp³-hybridized carbons (Fsp3) is 0.312. The van der Waals surface area contributed by atoms with Crippen LogP contribution in [0.5, 0.6) is 0 Å². The molecule has 2 rings (SSSR count). The summed E-state index contributed by atoms with van der Waals surface area (Å²) in [6.45, 7) is 3.59. The summed E-state index contributed by atoms with van der Waals surface area (Å²) >= 11 is 0. The van der Waals surface area contributed by atoms with E-state index in [2.05, 4.69) is 15.3 Å². The van der Waals surface area contributed by atoms with Crippen LogP contribution in [0.25, 0.3) is 0 Å². The van der Waals surface area contributed by atoms with Crippen LogP contribution >= 0.6 is 0 Å². The molecule has 1 aromatic heterocycles. The molecule has 0 fully saturated rings. The van der Waals surface area contributed by atoms with Gasteiger partial charge in [0, 0.05) is 6.42 Å². The molecule has 5 nitrogen and oxygen atoms in total. The van der Waals surface area contributed by atoms with Gasteiger partial charge in [0.25, 0.3) is 0 Å². The van der Waals surface area contributed by atoms with Crippen molar-refractivity contribution in [3.8, 4) is 0 Å². The molecule has 21 heavy (non-hydrogen) atoms. The molecular formula is C16H19N3O2. The zero-order valence-corrected chi connectivity index (χ0v) is 12.2. The zero-order valence-electron chi connectivity index (χ0n) is 12.2. The van der Waals surface area contributed by atoms with Crippen molar-refractivity contribution >= 4 is 11.6 Å². The van der Waals surface area contributed by atoms with Crippen molar-refractivity contribution in [2.75, 3.05) is 5.32 Å². The fourth-order valence-electron chi connectivity index (χ4n) is 2.02. The molecule has 110 valence electrons. The summed E-state index contributed by atoms with van der Waals surface area (Å²) < 4.78 is 0. The molecule has 0 saturated carbocycles. The molecule has 1 unspecified atom stereocenters. The summed E-state index contributed by atoms with van der Waals surface area (Å²) in [5, 5.41) is 13.1. The van der Waals surface area contributed by atoms with Gasteiger partial charge in [-0.1, -0.05) is 37.3 Å². The number of amides is 1. The Balaban J connectivity index is 2.00. The molecule has 0 aliphatic carbocycles. The van der Waals surface area contributed by atoms with E-state index in [0.29, 0.717) is 11.3 Å². The van der Waals surface area contributed by atoms with E-state index < -0.39 is 5.60 Å². The van der Waals surface area contributed by atoms with Gasteiger partial charge in [0.15, 0.2) is 0 Å². The minimum absolute atomic E-state index is 0.0352. The van der Waals surface area contributed by atoms with Crippen LogP contribution in [-0.4, -0.2) is 21.0 Å². The molecule has 0 spiro atoms. The van der Waals surface area contributed by atoms with Gasteiger partial charge in [-0.3, -0.25) is 4.79 Å². The zero-order chi connectivity index (χ0) is 15.3. The quantitative estimate of drug-likeness (QED) is 0.883. The molecule has 1 aromatic carbocycles. The first-order valence-corrected chi connectivity index (χ1v) is 6.90. The fourth-order valence-corrected chi connectivity index (χ4v) is 2.02. The third-order valence-corrected chi connectivity index (χ3v) is 3.21. The van der Waals surface area contributed by atoms with Crippen LogP contribution in [0.1, 0.15) is 31.7 Å². The number of aryl methyl sites for hydroxylation is 1. The van der Waals surface area contributed by atoms with Crippen molar-refractivity contribution in [3.05, 3.63) is 54.1 Å². The number of carbonyl (C=O) groups excluding carboxylic acids is 1. The van der Waals surface area contributed by atoms with Crippen molar-refractivity contribution in [2.45, 2.75) is 32.3 Å². The van der Waals surface area contributed by atoms with Crippen molar-refractivity contribution in [2.24, 2.45) is 0 Å². The lowest BCUT2D eigenvalue weighted by Gasteiger charge is -2.23. The van der Waals surface area contributed by atoms with Crippen LogP contribution in [0.2, 0.25) is 0 Å². The highest BCUT2D eigenvalue weighted by Gasteiger charge is 2.26. The monoisotopic (exact) mass is 285 g/mol. The first-order valence-electron chi connectivity index (χ1n) is 6.90. The Hall–Kier alpha value is -2.27. The summed E-state index contributed by atoms with van der Waals surface area (Å²) in [4.78, 5) is 20.3. The van der Waals surface area contributed by atoms with Gasteiger partial charge in [-0.25, -0.2) is 9.97 Å². The van der Waals surface area contributed by atoms with Gasteiger partial charge in [0.1, 0.15) is 5.82 Å². The van der Waals surface area contributed by atoms with E-state index in [1.807, 2.05) is 25.1 Å². The normalized spacial score (nSPS) is 13.5. The SMILES string of the molecule is CCc1ncc(NC(=O)CC(C)(O)c2ccccc2)cn1. The van der Waals surface area contributed by atoms with Crippen molar-refractivity contribution < 1.29 is 9.90 Å². The van der Waals surface area contributed by atoms with Crippen LogP contribution in [0.3, 0.4) is 0 Å². The molecule has 2 N–H and O–H groups in total. The van der Waals surface area contributed by atoms with Gasteiger partial charge < -0.3 is 10.4 Å². The third-order valence-electron chi connectivity index (χ3n) is 3.21. The maximum absolute atomic E-state index is 12.0. The van der Waals surface area contributed by atoms with Gasteiger partial charge in [0.05, 0.1) is 30.1 Å². The lowest BCUT2D eigenvalue weighted by molar-refractivity contribution is -0.120. The Kier molecular flexibility index (Phi) is 4.65. The van der Waals surface area contributed by atoms with Crippen molar-refractivity contribution in [3.63, 3.8) is 0 Å². The van der Waals surface area contributed by atoms with E-state index in [-0.39, 0.29) is 12.3 Å². The van der Waals surface area contributed by atoms with Crippen LogP contribution in [0.4, 0.5) is 5.69 Å². The highest BCUT2D eigenvalue weighted by atomic mass is 16.3. The van der Waals surface area contributed by atoms with Gasteiger partial charge in [-0.15, -0.1) is 0 Å². The number of nitrogens with one attached hydrogen (secondary N) is 1. The summed E-state index contributed by atoms with van der Waals surface area (Å²) in [6.07, 6.45) is 3.85. The molecule has 0 saturated heterocycles. The molecule has 1 heterocycles. The molecule has 0 aliphatic rings. The molecule has 0 radical (unpaired) electrons. The highest BCUT2D eigenvalue weighted by molar-refractivity contribution is 5.91. The Morgan fingerprint density at radius 1 is 1.24 bits per heavy atom. The maximum Gasteiger partial charge on any atom is 0.227 e. The van der Waals surface area contributed by atoms with E-state index in [1.165, 1.54) is 0 Å². The number of benzene rings is 1. The standard InChI is InChI=1S/C16H19N3O2/c1-3-14-17-10-13(11-18-14)19-15(20)9-16(2,21)12-7-5-4-6-8-12/h4-8,10-11,21H,3,9H2,1-2H3,(H,19,20). The lowest BCUT2D eigenvalue weighted by atomic mass is 9.92. The number of anilines is 1. The largest absolute Gasteiger partial charge is 0.385 e. The lowest BCUT2D eigenvalue weighted by Crippen LogP contribution is -2.28. The second kappa shape index (κ2) is 6.45. The van der Waals surface area contributed by atoms with Gasteiger partial charge >= 0.3 is 0 Å². The number of rotatable bonds is 5. The van der Waals surface area contributed by atoms with E-state index in [4.69, 9.17) is 0 Å². The summed E-state index contributed by atoms with van der Waals surface area (Å²) in [7, 11) is 0. The number of nitrogens with zero attached hydrogens (tertiary/aromatic N) is 2. The van der Waals surface area contributed by atoms with E-state index in [1.54, 1.807) is 31.5 Å². The molecule has 0 aliphatic heterocycles. The number of aromatic nitrogens is 2. The van der Waals surface area contributed by atoms with Gasteiger partial charge in [-0.2, -0.15) is 0 Å². The van der Waals surface area contributed by atoms with E-state index >= 15 is 0 Å². The minimum atomic E-state index is -1.21. The van der Waals surface area contributed by atoms with Crippen LogP contribution in [-0.2, 0) is 16.8 Å². The molecule has 0 bridgehead atoms. The number of hydrogen-bond donors (Lipinski definition) is 2. The van der Waals surface area contributed by atoms with E-state index in [9.17, 15) is 9.90 Å². The van der Waals surface area contributed by atoms with Crippen LogP contribution in [0, 0.1) is 0 Å². The smallest absolute Gasteiger partial charge is 0.227 e. The second-order valence-corrected chi connectivity index (χ2v) is 5.11. The number of aliphatic hydroxyl groups is 1. The predicted octanol–water partition coefficient (Wildman–Crippen LogP) is 2.28. The van der Waals surface area contributed by atoms with Gasteiger partial charge in [-0.05, 0) is 12.5 Å². The summed E-state index contributed by atoms with van der Waals surface area (Å²) in [6, 6.07) is 9.13. The first kappa shape index (κ1) is 15.1. The van der Waals surface area contributed by atoms with Crippen molar-refractivity contribution in [1.29, 1.82) is 0 Å². The Morgan fingerprint density at radius 2 is 1.86 bits per heavy atom. The highest BCUT2D eigenvalue weighted by Crippen LogP contribution is 2.24. The van der Waals surface area contributed by atoms with Crippen molar-refractivity contribution in [1.82, 2.24) is 9.97 Å². The van der Waals surface area contributed by atoms with E-state index in [0.717, 1.165) is 12.2 Å². The molecule has 5 heteroatoms.